The Balaban J connectivity index is 1.37. The Morgan fingerprint density at radius 1 is 1.15 bits per heavy atom. The molecule has 26 heavy (non-hydrogen) atoms. The van der Waals surface area contributed by atoms with Gasteiger partial charge in [-0.05, 0) is 12.8 Å². The highest BCUT2D eigenvalue weighted by Crippen LogP contribution is 2.23. The fourth-order valence-electron chi connectivity index (χ4n) is 3.06. The third-order valence-electron chi connectivity index (χ3n) is 4.45. The van der Waals surface area contributed by atoms with Gasteiger partial charge in [-0.25, -0.2) is 19.6 Å². The van der Waals surface area contributed by atoms with Crippen molar-refractivity contribution >= 4 is 17.4 Å². The molecule has 1 fully saturated rings. The molecule has 3 aromatic heterocycles. The number of carbonyl (C=O) groups is 1. The molecule has 0 aliphatic carbocycles. The number of aryl methyl sites for hydroxylation is 1. The van der Waals surface area contributed by atoms with E-state index in [9.17, 15) is 4.79 Å². The molecule has 0 radical (unpaired) electrons. The standard InChI is InChI=1S/C16H19N9O/c1-23-8-13(7-20-23)22-16(26)12-2-4-24(5-3-12)14-6-15(19-10-18-14)25-11-17-9-21-25/h6-12H,2-5H2,1H3,(H,22,26). The van der Waals surface area contributed by atoms with E-state index in [0.717, 1.165) is 37.4 Å². The molecule has 4 rings (SSSR count). The van der Waals surface area contributed by atoms with E-state index < -0.39 is 0 Å². The van der Waals surface area contributed by atoms with Gasteiger partial charge in [0.05, 0.1) is 11.9 Å². The fourth-order valence-corrected chi connectivity index (χ4v) is 3.06. The van der Waals surface area contributed by atoms with Crippen LogP contribution in [0.1, 0.15) is 12.8 Å². The molecular formula is C16H19N9O. The third kappa shape index (κ3) is 3.39. The highest BCUT2D eigenvalue weighted by molar-refractivity contribution is 5.92. The van der Waals surface area contributed by atoms with Crippen molar-refractivity contribution in [3.8, 4) is 5.82 Å². The Kier molecular flexibility index (Phi) is 4.30. The number of nitrogens with zero attached hydrogens (tertiary/aromatic N) is 8. The van der Waals surface area contributed by atoms with E-state index >= 15 is 0 Å². The molecule has 1 aliphatic rings. The van der Waals surface area contributed by atoms with Crippen LogP contribution in [0.25, 0.3) is 5.82 Å². The lowest BCUT2D eigenvalue weighted by Gasteiger charge is -2.32. The van der Waals surface area contributed by atoms with Crippen molar-refractivity contribution in [2.45, 2.75) is 12.8 Å². The summed E-state index contributed by atoms with van der Waals surface area (Å²) >= 11 is 0. The van der Waals surface area contributed by atoms with Gasteiger partial charge in [-0.3, -0.25) is 9.48 Å². The Morgan fingerprint density at radius 3 is 2.65 bits per heavy atom. The van der Waals surface area contributed by atoms with Crippen LogP contribution in [-0.2, 0) is 11.8 Å². The second-order valence-corrected chi connectivity index (χ2v) is 6.23. The normalized spacial score (nSPS) is 15.2. The third-order valence-corrected chi connectivity index (χ3v) is 4.45. The van der Waals surface area contributed by atoms with Gasteiger partial charge in [0.15, 0.2) is 5.82 Å². The van der Waals surface area contributed by atoms with E-state index in [4.69, 9.17) is 0 Å². The van der Waals surface area contributed by atoms with E-state index in [1.54, 1.807) is 28.1 Å². The van der Waals surface area contributed by atoms with Crippen LogP contribution in [0.4, 0.5) is 11.5 Å². The molecule has 0 aromatic carbocycles. The number of piperidine rings is 1. The smallest absolute Gasteiger partial charge is 0.227 e. The average molecular weight is 353 g/mol. The van der Waals surface area contributed by atoms with Crippen molar-refractivity contribution in [3.63, 3.8) is 0 Å². The fraction of sp³-hybridized carbons (Fsp3) is 0.375. The molecule has 10 heteroatoms. The molecule has 10 nitrogen and oxygen atoms in total. The molecule has 1 aliphatic heterocycles. The summed E-state index contributed by atoms with van der Waals surface area (Å²) < 4.78 is 3.26. The first-order valence-electron chi connectivity index (χ1n) is 8.40. The van der Waals surface area contributed by atoms with Crippen molar-refractivity contribution in [2.24, 2.45) is 13.0 Å². The maximum absolute atomic E-state index is 12.4. The molecule has 134 valence electrons. The van der Waals surface area contributed by atoms with E-state index in [0.29, 0.717) is 5.82 Å². The Bertz CT molecular complexity index is 881. The van der Waals surface area contributed by atoms with E-state index in [2.05, 4.69) is 35.4 Å². The number of rotatable bonds is 4. The second-order valence-electron chi connectivity index (χ2n) is 6.23. The number of hydrogen-bond acceptors (Lipinski definition) is 7. The van der Waals surface area contributed by atoms with Gasteiger partial charge in [0.2, 0.25) is 5.91 Å². The maximum atomic E-state index is 12.4. The number of carbonyl (C=O) groups excluding carboxylic acids is 1. The second kappa shape index (κ2) is 6.90. The van der Waals surface area contributed by atoms with Gasteiger partial charge in [0.1, 0.15) is 24.8 Å². The first-order valence-corrected chi connectivity index (χ1v) is 8.40. The quantitative estimate of drug-likeness (QED) is 0.734. The van der Waals surface area contributed by atoms with Crippen molar-refractivity contribution in [1.82, 2.24) is 34.5 Å². The molecule has 4 heterocycles. The first-order chi connectivity index (χ1) is 12.7. The summed E-state index contributed by atoms with van der Waals surface area (Å²) in [4.78, 5) is 27.1. The predicted octanol–water partition coefficient (Wildman–Crippen LogP) is 0.646. The summed E-state index contributed by atoms with van der Waals surface area (Å²) in [5.41, 5.74) is 0.730. The molecule has 1 N–H and O–H groups in total. The summed E-state index contributed by atoms with van der Waals surface area (Å²) in [5.74, 6) is 1.53. The lowest BCUT2D eigenvalue weighted by atomic mass is 9.96. The predicted molar refractivity (Wildman–Crippen MR) is 93.7 cm³/mol. The number of aromatic nitrogens is 7. The lowest BCUT2D eigenvalue weighted by molar-refractivity contribution is -0.120. The molecule has 0 unspecified atom stereocenters. The van der Waals surface area contributed by atoms with Crippen molar-refractivity contribution in [2.75, 3.05) is 23.3 Å². The summed E-state index contributed by atoms with van der Waals surface area (Å²) in [6, 6.07) is 1.88. The van der Waals surface area contributed by atoms with Gasteiger partial charge in [-0.1, -0.05) is 0 Å². The highest BCUT2D eigenvalue weighted by Gasteiger charge is 2.26. The van der Waals surface area contributed by atoms with Crippen molar-refractivity contribution in [1.29, 1.82) is 0 Å². The molecule has 3 aromatic rings. The molecule has 0 saturated carbocycles. The summed E-state index contributed by atoms with van der Waals surface area (Å²) in [5, 5.41) is 11.1. The molecule has 1 saturated heterocycles. The number of nitrogens with one attached hydrogen (secondary N) is 1. The van der Waals surface area contributed by atoms with Crippen molar-refractivity contribution < 1.29 is 4.79 Å². The average Bonchev–Trinajstić information content (AvgIpc) is 3.34. The van der Waals surface area contributed by atoms with Crippen LogP contribution in [0.3, 0.4) is 0 Å². The van der Waals surface area contributed by atoms with Crippen LogP contribution in [0, 0.1) is 5.92 Å². The maximum Gasteiger partial charge on any atom is 0.227 e. The minimum Gasteiger partial charge on any atom is -0.356 e. The van der Waals surface area contributed by atoms with Crippen molar-refractivity contribution in [3.05, 3.63) is 37.4 Å². The van der Waals surface area contributed by atoms with Gasteiger partial charge in [0.25, 0.3) is 0 Å². The minimum atomic E-state index is -0.0110. The van der Waals surface area contributed by atoms with Crippen LogP contribution >= 0.6 is 0 Å². The zero-order chi connectivity index (χ0) is 17.9. The van der Waals surface area contributed by atoms with E-state index in [-0.39, 0.29) is 11.8 Å². The topological polar surface area (TPSA) is 107 Å². The summed E-state index contributed by atoms with van der Waals surface area (Å²) in [6.45, 7) is 1.53. The molecule has 1 amide bonds. The Labute approximate surface area is 149 Å². The Morgan fingerprint density at radius 2 is 1.96 bits per heavy atom. The highest BCUT2D eigenvalue weighted by atomic mass is 16.1. The first kappa shape index (κ1) is 16.2. The van der Waals surface area contributed by atoms with Gasteiger partial charge in [-0.15, -0.1) is 0 Å². The molecule has 0 bridgehead atoms. The summed E-state index contributed by atoms with van der Waals surface area (Å²) in [7, 11) is 1.82. The lowest BCUT2D eigenvalue weighted by Crippen LogP contribution is -2.38. The SMILES string of the molecule is Cn1cc(NC(=O)C2CCN(c3cc(-n4cncn4)ncn3)CC2)cn1. The molecule has 0 spiro atoms. The summed E-state index contributed by atoms with van der Waals surface area (Å²) in [6.07, 6.45) is 9.57. The number of hydrogen-bond donors (Lipinski definition) is 1. The molecule has 0 atom stereocenters. The largest absolute Gasteiger partial charge is 0.356 e. The van der Waals surface area contributed by atoms with Crippen LogP contribution in [0.5, 0.6) is 0 Å². The Hall–Kier alpha value is -3.30. The zero-order valence-corrected chi connectivity index (χ0v) is 14.4. The monoisotopic (exact) mass is 353 g/mol. The molecular weight excluding hydrogens is 334 g/mol. The number of amides is 1. The van der Waals surface area contributed by atoms with Gasteiger partial charge in [0, 0.05) is 38.3 Å². The number of anilines is 2. The van der Waals surface area contributed by atoms with E-state index in [1.165, 1.54) is 12.7 Å². The van der Waals surface area contributed by atoms with Crippen LogP contribution < -0.4 is 10.2 Å². The van der Waals surface area contributed by atoms with Gasteiger partial charge >= 0.3 is 0 Å². The van der Waals surface area contributed by atoms with Crippen LogP contribution in [-0.4, -0.2) is 53.5 Å². The van der Waals surface area contributed by atoms with E-state index in [1.807, 2.05) is 13.1 Å². The van der Waals surface area contributed by atoms with Gasteiger partial charge < -0.3 is 10.2 Å². The van der Waals surface area contributed by atoms with Crippen LogP contribution in [0.15, 0.2) is 37.4 Å². The van der Waals surface area contributed by atoms with Crippen LogP contribution in [0.2, 0.25) is 0 Å². The zero-order valence-electron chi connectivity index (χ0n) is 14.4. The minimum absolute atomic E-state index is 0.0110. The van der Waals surface area contributed by atoms with Gasteiger partial charge in [-0.2, -0.15) is 10.2 Å².